The summed E-state index contributed by atoms with van der Waals surface area (Å²) in [6, 6.07) is 17.9. The van der Waals surface area contributed by atoms with Crippen molar-refractivity contribution < 1.29 is 23.5 Å². The van der Waals surface area contributed by atoms with Gasteiger partial charge in [0.1, 0.15) is 17.4 Å². The Hall–Kier alpha value is -5.05. The third-order valence-electron chi connectivity index (χ3n) is 6.65. The molecule has 0 aliphatic heterocycles. The number of fused-ring (bicyclic) bond motifs is 1. The topological polar surface area (TPSA) is 107 Å². The molecule has 0 saturated heterocycles. The van der Waals surface area contributed by atoms with Crippen molar-refractivity contribution >= 4 is 22.7 Å². The SMILES string of the molecule is CNC(=O)c1ccc(-c2cccnc2[C@H](Cc2cc(F)cc(F)c2)NC(=O)Cc2c[nH]c3ccc(O)cc23)cc1. The van der Waals surface area contributed by atoms with Gasteiger partial charge in [-0.15, -0.1) is 0 Å². The van der Waals surface area contributed by atoms with Crippen LogP contribution in [0, 0.1) is 11.6 Å². The molecule has 0 aliphatic rings. The predicted octanol–water partition coefficient (Wildman–Crippen LogP) is 5.22. The minimum absolute atomic E-state index is 0.000455. The Bertz CT molecular complexity index is 1680. The van der Waals surface area contributed by atoms with E-state index in [1.165, 1.54) is 12.1 Å². The Labute approximate surface area is 228 Å². The number of halogens is 2. The van der Waals surface area contributed by atoms with Gasteiger partial charge in [0.25, 0.3) is 5.91 Å². The molecule has 0 unspecified atom stereocenters. The number of benzene rings is 3. The highest BCUT2D eigenvalue weighted by Crippen LogP contribution is 2.30. The van der Waals surface area contributed by atoms with Crippen LogP contribution in [0.4, 0.5) is 8.78 Å². The summed E-state index contributed by atoms with van der Waals surface area (Å²) in [6.07, 6.45) is 3.38. The van der Waals surface area contributed by atoms with E-state index in [1.807, 2.05) is 6.07 Å². The Morgan fingerprint density at radius 2 is 1.75 bits per heavy atom. The summed E-state index contributed by atoms with van der Waals surface area (Å²) in [5.74, 6) is -1.91. The molecular formula is C31H26F2N4O3. The number of phenols is 1. The Balaban J connectivity index is 1.49. The van der Waals surface area contributed by atoms with Crippen LogP contribution < -0.4 is 10.6 Å². The number of hydrogen-bond donors (Lipinski definition) is 4. The van der Waals surface area contributed by atoms with Gasteiger partial charge >= 0.3 is 0 Å². The van der Waals surface area contributed by atoms with E-state index in [0.717, 1.165) is 17.1 Å². The third kappa shape index (κ3) is 5.83. The maximum atomic E-state index is 14.1. The molecule has 3 aromatic carbocycles. The van der Waals surface area contributed by atoms with E-state index in [0.29, 0.717) is 33.3 Å². The van der Waals surface area contributed by atoms with Gasteiger partial charge in [0.2, 0.25) is 5.91 Å². The smallest absolute Gasteiger partial charge is 0.251 e. The highest BCUT2D eigenvalue weighted by Gasteiger charge is 2.22. The second-order valence-corrected chi connectivity index (χ2v) is 9.42. The molecule has 40 heavy (non-hydrogen) atoms. The molecule has 2 aromatic heterocycles. The molecular weight excluding hydrogens is 514 g/mol. The number of aromatic nitrogens is 2. The zero-order chi connectivity index (χ0) is 28.2. The van der Waals surface area contributed by atoms with Gasteiger partial charge in [-0.1, -0.05) is 18.2 Å². The number of aromatic hydroxyl groups is 1. The Kier molecular flexibility index (Phi) is 7.54. The number of carbonyl (C=O) groups excluding carboxylic acids is 2. The maximum absolute atomic E-state index is 14.1. The van der Waals surface area contributed by atoms with Crippen LogP contribution >= 0.6 is 0 Å². The van der Waals surface area contributed by atoms with Crippen molar-refractivity contribution in [2.45, 2.75) is 18.9 Å². The molecule has 202 valence electrons. The van der Waals surface area contributed by atoms with E-state index in [4.69, 9.17) is 0 Å². The van der Waals surface area contributed by atoms with E-state index in [-0.39, 0.29) is 30.4 Å². The van der Waals surface area contributed by atoms with Crippen molar-refractivity contribution in [3.05, 3.63) is 119 Å². The van der Waals surface area contributed by atoms with Crippen LogP contribution in [-0.2, 0) is 17.6 Å². The van der Waals surface area contributed by atoms with E-state index < -0.39 is 17.7 Å². The molecule has 2 heterocycles. The predicted molar refractivity (Wildman–Crippen MR) is 148 cm³/mol. The fourth-order valence-corrected chi connectivity index (χ4v) is 4.80. The van der Waals surface area contributed by atoms with Crippen molar-refractivity contribution in [2.75, 3.05) is 7.05 Å². The van der Waals surface area contributed by atoms with Crippen molar-refractivity contribution in [2.24, 2.45) is 0 Å². The number of amides is 2. The lowest BCUT2D eigenvalue weighted by atomic mass is 9.94. The second kappa shape index (κ2) is 11.4. The van der Waals surface area contributed by atoms with Gasteiger partial charge in [-0.25, -0.2) is 8.78 Å². The molecule has 2 amide bonds. The molecule has 0 bridgehead atoms. The standard InChI is InChI=1S/C31H26F2N4O3/c1-34-31(40)20-6-4-19(5-7-20)25-3-2-10-35-30(25)28(13-18-11-22(32)15-23(33)12-18)37-29(39)14-21-17-36-27-9-8-24(38)16-26(21)27/h2-12,15-17,28,36,38H,13-14H2,1H3,(H,34,40)(H,37,39)/t28-/m0/s1. The zero-order valence-corrected chi connectivity index (χ0v) is 21.5. The van der Waals surface area contributed by atoms with Gasteiger partial charge in [-0.05, 0) is 71.6 Å². The average Bonchev–Trinajstić information content (AvgIpc) is 3.33. The van der Waals surface area contributed by atoms with Crippen LogP contribution in [-0.4, -0.2) is 33.9 Å². The second-order valence-electron chi connectivity index (χ2n) is 9.42. The highest BCUT2D eigenvalue weighted by molar-refractivity contribution is 5.94. The van der Waals surface area contributed by atoms with Crippen molar-refractivity contribution in [1.29, 1.82) is 0 Å². The average molecular weight is 541 g/mol. The molecule has 5 aromatic rings. The van der Waals surface area contributed by atoms with Crippen molar-refractivity contribution in [1.82, 2.24) is 20.6 Å². The first-order valence-electron chi connectivity index (χ1n) is 12.6. The zero-order valence-electron chi connectivity index (χ0n) is 21.5. The number of rotatable bonds is 8. The van der Waals surface area contributed by atoms with Crippen LogP contribution in [0.2, 0.25) is 0 Å². The molecule has 0 aliphatic carbocycles. The number of pyridine rings is 1. The molecule has 4 N–H and O–H groups in total. The summed E-state index contributed by atoms with van der Waals surface area (Å²) >= 11 is 0. The van der Waals surface area contributed by atoms with Crippen molar-refractivity contribution in [3.8, 4) is 16.9 Å². The minimum atomic E-state index is -0.734. The van der Waals surface area contributed by atoms with Gasteiger partial charge in [0.15, 0.2) is 0 Å². The molecule has 9 heteroatoms. The van der Waals surface area contributed by atoms with E-state index >= 15 is 0 Å². The minimum Gasteiger partial charge on any atom is -0.508 e. The number of carbonyl (C=O) groups is 2. The molecule has 0 radical (unpaired) electrons. The summed E-state index contributed by atoms with van der Waals surface area (Å²) in [6.45, 7) is 0. The van der Waals surface area contributed by atoms with Gasteiger partial charge in [-0.3, -0.25) is 14.6 Å². The van der Waals surface area contributed by atoms with E-state index in [9.17, 15) is 23.5 Å². The van der Waals surface area contributed by atoms with Crippen LogP contribution in [0.25, 0.3) is 22.0 Å². The Morgan fingerprint density at radius 1 is 1.00 bits per heavy atom. The van der Waals surface area contributed by atoms with Gasteiger partial charge in [0.05, 0.1) is 18.2 Å². The fraction of sp³-hybridized carbons (Fsp3) is 0.129. The quantitative estimate of drug-likeness (QED) is 0.217. The van der Waals surface area contributed by atoms with Gasteiger partial charge < -0.3 is 20.7 Å². The molecule has 1 atom stereocenters. The normalized spacial score (nSPS) is 11.8. The fourth-order valence-electron chi connectivity index (χ4n) is 4.80. The molecule has 0 spiro atoms. The summed E-state index contributed by atoms with van der Waals surface area (Å²) in [5, 5.41) is 16.2. The lowest BCUT2D eigenvalue weighted by molar-refractivity contribution is -0.121. The molecule has 5 rings (SSSR count). The van der Waals surface area contributed by atoms with Crippen LogP contribution in [0.15, 0.2) is 85.2 Å². The molecule has 0 saturated carbocycles. The summed E-state index contributed by atoms with van der Waals surface area (Å²) in [5.41, 5.74) is 4.26. The lowest BCUT2D eigenvalue weighted by Crippen LogP contribution is -2.32. The third-order valence-corrected chi connectivity index (χ3v) is 6.65. The van der Waals surface area contributed by atoms with Gasteiger partial charge in [0, 0.05) is 47.5 Å². The van der Waals surface area contributed by atoms with E-state index in [2.05, 4.69) is 20.6 Å². The lowest BCUT2D eigenvalue weighted by Gasteiger charge is -2.22. The summed E-state index contributed by atoms with van der Waals surface area (Å²) in [7, 11) is 1.55. The number of hydrogen-bond acceptors (Lipinski definition) is 4. The maximum Gasteiger partial charge on any atom is 0.251 e. The van der Waals surface area contributed by atoms with Crippen LogP contribution in [0.5, 0.6) is 5.75 Å². The highest BCUT2D eigenvalue weighted by atomic mass is 19.1. The Morgan fingerprint density at radius 3 is 2.48 bits per heavy atom. The van der Waals surface area contributed by atoms with Crippen molar-refractivity contribution in [3.63, 3.8) is 0 Å². The van der Waals surface area contributed by atoms with Gasteiger partial charge in [-0.2, -0.15) is 0 Å². The first kappa shape index (κ1) is 26.6. The first-order chi connectivity index (χ1) is 19.3. The molecule has 0 fully saturated rings. The van der Waals surface area contributed by atoms with Crippen LogP contribution in [0.3, 0.4) is 0 Å². The summed E-state index contributed by atoms with van der Waals surface area (Å²) in [4.78, 5) is 33.0. The summed E-state index contributed by atoms with van der Waals surface area (Å²) < 4.78 is 28.1. The number of nitrogens with one attached hydrogen (secondary N) is 3. The van der Waals surface area contributed by atoms with Crippen LogP contribution in [0.1, 0.15) is 33.2 Å². The largest absolute Gasteiger partial charge is 0.508 e. The van der Waals surface area contributed by atoms with E-state index in [1.54, 1.807) is 68.0 Å². The monoisotopic (exact) mass is 540 g/mol. The molecule has 7 nitrogen and oxygen atoms in total. The number of nitrogens with zero attached hydrogens (tertiary/aromatic N) is 1. The number of aromatic amines is 1. The number of H-pyrrole nitrogens is 1. The first-order valence-corrected chi connectivity index (χ1v) is 12.6. The number of phenolic OH excluding ortho intramolecular Hbond substituents is 1.